The molecule has 4 heteroatoms. The van der Waals surface area contributed by atoms with Gasteiger partial charge in [-0.05, 0) is 13.0 Å². The molecule has 0 saturated carbocycles. The normalized spacial score (nSPS) is 27.7. The molecule has 0 bridgehead atoms. The number of halogens is 2. The number of hydrogen-bond donors (Lipinski definition) is 1. The van der Waals surface area contributed by atoms with E-state index in [2.05, 4.69) is 10.1 Å². The highest BCUT2D eigenvalue weighted by atomic mass is 19.3. The molecule has 1 N–H and O–H groups in total. The number of rotatable bonds is 2. The Kier molecular flexibility index (Phi) is 2.36. The molecule has 54 valence electrons. The average Bonchev–Trinajstić information content (AvgIpc) is 2.15. The van der Waals surface area contributed by atoms with E-state index in [4.69, 9.17) is 0 Å². The first kappa shape index (κ1) is 6.89. The van der Waals surface area contributed by atoms with Crippen molar-refractivity contribution in [1.82, 2.24) is 5.32 Å². The van der Waals surface area contributed by atoms with Crippen molar-refractivity contribution in [3.63, 3.8) is 0 Å². The van der Waals surface area contributed by atoms with Gasteiger partial charge in [-0.2, -0.15) is 8.78 Å². The first-order valence-electron chi connectivity index (χ1n) is 2.93. The Morgan fingerprint density at radius 1 is 1.56 bits per heavy atom. The van der Waals surface area contributed by atoms with Crippen LogP contribution in [-0.2, 0) is 4.74 Å². The summed E-state index contributed by atoms with van der Waals surface area (Å²) in [6, 6.07) is 0. The van der Waals surface area contributed by atoms with E-state index in [-0.39, 0.29) is 6.10 Å². The number of nitrogens with one attached hydrogen (secondary N) is 1. The molecular formula is C5H9F2NO. The monoisotopic (exact) mass is 137 g/mol. The predicted molar refractivity (Wildman–Crippen MR) is 28.4 cm³/mol. The van der Waals surface area contributed by atoms with Gasteiger partial charge < -0.3 is 10.1 Å². The van der Waals surface area contributed by atoms with Crippen molar-refractivity contribution < 1.29 is 13.5 Å². The van der Waals surface area contributed by atoms with Crippen LogP contribution in [0, 0.1) is 0 Å². The smallest absolute Gasteiger partial charge is 0.318 e. The Morgan fingerprint density at radius 3 is 2.78 bits per heavy atom. The highest BCUT2D eigenvalue weighted by Gasteiger charge is 2.18. The van der Waals surface area contributed by atoms with Crippen molar-refractivity contribution in [2.45, 2.75) is 19.1 Å². The molecule has 0 aromatic carbocycles. The van der Waals surface area contributed by atoms with E-state index in [1.807, 2.05) is 0 Å². The van der Waals surface area contributed by atoms with E-state index in [0.29, 0.717) is 13.0 Å². The van der Waals surface area contributed by atoms with Crippen LogP contribution in [0.2, 0.25) is 0 Å². The van der Waals surface area contributed by atoms with Gasteiger partial charge in [0, 0.05) is 6.54 Å². The average molecular weight is 137 g/mol. The maximum absolute atomic E-state index is 11.4. The Balaban J connectivity index is 2.11. The summed E-state index contributed by atoms with van der Waals surface area (Å²) in [4.78, 5) is 0. The van der Waals surface area contributed by atoms with Gasteiger partial charge in [-0.3, -0.25) is 0 Å². The van der Waals surface area contributed by atoms with Gasteiger partial charge in [0.05, 0.1) is 6.10 Å². The summed E-state index contributed by atoms with van der Waals surface area (Å²) < 4.78 is 27.1. The third-order valence-corrected chi connectivity index (χ3v) is 1.31. The lowest BCUT2D eigenvalue weighted by Crippen LogP contribution is -2.19. The molecular weight excluding hydrogens is 128 g/mol. The van der Waals surface area contributed by atoms with Crippen LogP contribution in [0.15, 0.2) is 0 Å². The minimum absolute atomic E-state index is 0.273. The highest BCUT2D eigenvalue weighted by Crippen LogP contribution is 2.07. The van der Waals surface area contributed by atoms with Crippen LogP contribution in [-0.4, -0.2) is 25.8 Å². The van der Waals surface area contributed by atoms with Crippen molar-refractivity contribution in [2.75, 3.05) is 13.1 Å². The van der Waals surface area contributed by atoms with Gasteiger partial charge in [0.1, 0.15) is 0 Å². The van der Waals surface area contributed by atoms with Crippen LogP contribution >= 0.6 is 0 Å². The number of ether oxygens (including phenoxy) is 1. The molecule has 1 fully saturated rings. The summed E-state index contributed by atoms with van der Waals surface area (Å²) in [5, 5.41) is 2.92. The zero-order valence-electron chi connectivity index (χ0n) is 4.94. The van der Waals surface area contributed by atoms with E-state index in [0.717, 1.165) is 6.54 Å². The van der Waals surface area contributed by atoms with Gasteiger partial charge in [-0.25, -0.2) is 0 Å². The lowest BCUT2D eigenvalue weighted by Gasteiger charge is -2.07. The molecule has 0 radical (unpaired) electrons. The van der Waals surface area contributed by atoms with Crippen LogP contribution in [0.3, 0.4) is 0 Å². The number of alkyl halides is 2. The van der Waals surface area contributed by atoms with Crippen LogP contribution in [0.1, 0.15) is 6.42 Å². The molecule has 1 aliphatic rings. The summed E-state index contributed by atoms with van der Waals surface area (Å²) >= 11 is 0. The first-order valence-corrected chi connectivity index (χ1v) is 2.93. The van der Waals surface area contributed by atoms with E-state index in [1.165, 1.54) is 0 Å². The third kappa shape index (κ3) is 2.24. The molecule has 0 aromatic heterocycles. The zero-order chi connectivity index (χ0) is 6.69. The van der Waals surface area contributed by atoms with Crippen molar-refractivity contribution >= 4 is 0 Å². The van der Waals surface area contributed by atoms with Crippen molar-refractivity contribution in [1.29, 1.82) is 0 Å². The Hall–Kier alpha value is -0.220. The third-order valence-electron chi connectivity index (χ3n) is 1.31. The van der Waals surface area contributed by atoms with E-state index in [9.17, 15) is 8.78 Å². The lowest BCUT2D eigenvalue weighted by atomic mass is 10.3. The molecule has 0 amide bonds. The van der Waals surface area contributed by atoms with Crippen LogP contribution in [0.4, 0.5) is 8.78 Å². The van der Waals surface area contributed by atoms with E-state index >= 15 is 0 Å². The van der Waals surface area contributed by atoms with Gasteiger partial charge in [0.25, 0.3) is 0 Å². The summed E-state index contributed by atoms with van der Waals surface area (Å²) in [5.41, 5.74) is 0. The van der Waals surface area contributed by atoms with Gasteiger partial charge in [-0.15, -0.1) is 0 Å². The Bertz CT molecular complexity index is 83.0. The molecule has 1 saturated heterocycles. The maximum Gasteiger partial charge on any atom is 0.345 e. The fourth-order valence-corrected chi connectivity index (χ4v) is 0.890. The standard InChI is InChI=1S/C5H9F2NO/c6-5(7)9-4-1-2-8-3-4/h4-5,8H,1-3H2/t4-/m0/s1. The van der Waals surface area contributed by atoms with Gasteiger partial charge in [0.2, 0.25) is 0 Å². The van der Waals surface area contributed by atoms with Gasteiger partial charge in [-0.1, -0.05) is 0 Å². The largest absolute Gasteiger partial charge is 0.345 e. The fourth-order valence-electron chi connectivity index (χ4n) is 0.890. The molecule has 1 rings (SSSR count). The summed E-state index contributed by atoms with van der Waals surface area (Å²) in [6.07, 6.45) is 0.426. The maximum atomic E-state index is 11.4. The highest BCUT2D eigenvalue weighted by molar-refractivity contribution is 4.70. The first-order chi connectivity index (χ1) is 4.29. The molecule has 1 aliphatic heterocycles. The van der Waals surface area contributed by atoms with E-state index in [1.54, 1.807) is 0 Å². The van der Waals surface area contributed by atoms with Gasteiger partial charge >= 0.3 is 6.61 Å². The van der Waals surface area contributed by atoms with E-state index < -0.39 is 6.61 Å². The SMILES string of the molecule is FC(F)O[C@H]1CCNC1. The van der Waals surface area contributed by atoms with Crippen LogP contribution < -0.4 is 5.32 Å². The van der Waals surface area contributed by atoms with Crippen LogP contribution in [0.25, 0.3) is 0 Å². The molecule has 1 atom stereocenters. The van der Waals surface area contributed by atoms with Crippen molar-refractivity contribution in [3.8, 4) is 0 Å². The zero-order valence-corrected chi connectivity index (χ0v) is 4.94. The predicted octanol–water partition coefficient (Wildman–Crippen LogP) is 0.587. The van der Waals surface area contributed by atoms with Gasteiger partial charge in [0.15, 0.2) is 0 Å². The fraction of sp³-hybridized carbons (Fsp3) is 1.00. The van der Waals surface area contributed by atoms with Crippen molar-refractivity contribution in [2.24, 2.45) is 0 Å². The second-order valence-corrected chi connectivity index (χ2v) is 2.01. The van der Waals surface area contributed by atoms with Crippen molar-refractivity contribution in [3.05, 3.63) is 0 Å². The summed E-state index contributed by atoms with van der Waals surface area (Å²) in [6.45, 7) is -1.27. The quantitative estimate of drug-likeness (QED) is 0.601. The molecule has 9 heavy (non-hydrogen) atoms. The second-order valence-electron chi connectivity index (χ2n) is 2.01. The molecule has 0 aromatic rings. The molecule has 0 spiro atoms. The summed E-state index contributed by atoms with van der Waals surface area (Å²) in [5.74, 6) is 0. The minimum atomic E-state index is -2.62. The minimum Gasteiger partial charge on any atom is -0.318 e. The second kappa shape index (κ2) is 3.08. The molecule has 1 heterocycles. The Labute approximate surface area is 52.2 Å². The topological polar surface area (TPSA) is 21.3 Å². The Morgan fingerprint density at radius 2 is 2.33 bits per heavy atom. The van der Waals surface area contributed by atoms with Crippen LogP contribution in [0.5, 0.6) is 0 Å². The molecule has 0 unspecified atom stereocenters. The summed E-state index contributed by atoms with van der Waals surface area (Å²) in [7, 11) is 0. The molecule has 0 aliphatic carbocycles. The number of hydrogen-bond acceptors (Lipinski definition) is 2. The molecule has 2 nitrogen and oxygen atoms in total. The lowest BCUT2D eigenvalue weighted by molar-refractivity contribution is -0.156.